The molecule has 2 saturated heterocycles. The van der Waals surface area contributed by atoms with Crippen LogP contribution in [-0.4, -0.2) is 48.8 Å². The first-order valence-corrected chi connectivity index (χ1v) is 7.35. The molecule has 17 heavy (non-hydrogen) atoms. The van der Waals surface area contributed by atoms with Gasteiger partial charge in [-0.1, -0.05) is 0 Å². The van der Waals surface area contributed by atoms with Crippen molar-refractivity contribution >= 4 is 0 Å². The fraction of sp³-hybridized carbons (Fsp3) is 1.00. The zero-order valence-electron chi connectivity index (χ0n) is 11.2. The molecule has 0 amide bonds. The van der Waals surface area contributed by atoms with Crippen molar-refractivity contribution in [2.75, 3.05) is 19.7 Å². The van der Waals surface area contributed by atoms with E-state index in [0.717, 1.165) is 24.6 Å². The molecule has 3 heteroatoms. The minimum atomic E-state index is 0.454. The van der Waals surface area contributed by atoms with Gasteiger partial charge in [0.1, 0.15) is 0 Å². The molecule has 0 radical (unpaired) electrons. The third kappa shape index (κ3) is 2.67. The molecule has 0 bridgehead atoms. The van der Waals surface area contributed by atoms with E-state index in [1.807, 2.05) is 0 Å². The highest BCUT2D eigenvalue weighted by molar-refractivity contribution is 4.96. The minimum Gasteiger partial charge on any atom is -0.378 e. The first-order valence-electron chi connectivity index (χ1n) is 7.35. The fourth-order valence-corrected chi connectivity index (χ4v) is 3.51. The van der Waals surface area contributed by atoms with E-state index in [1.54, 1.807) is 0 Å². The molecule has 0 aromatic heterocycles. The summed E-state index contributed by atoms with van der Waals surface area (Å²) in [5, 5.41) is 3.74. The van der Waals surface area contributed by atoms with Crippen LogP contribution >= 0.6 is 0 Å². The monoisotopic (exact) mass is 238 g/mol. The van der Waals surface area contributed by atoms with Crippen molar-refractivity contribution in [2.24, 2.45) is 5.92 Å². The molecule has 3 fully saturated rings. The van der Waals surface area contributed by atoms with E-state index < -0.39 is 0 Å². The summed E-state index contributed by atoms with van der Waals surface area (Å²) in [5.74, 6) is 0.974. The molecule has 2 heterocycles. The average Bonchev–Trinajstić information content (AvgIpc) is 3.14. The SMILES string of the molecule is CC1CC(N2CC(C3CC3)NCC2C)CCO1. The second-order valence-corrected chi connectivity index (χ2v) is 6.26. The molecule has 3 aliphatic rings. The number of nitrogens with one attached hydrogen (secondary N) is 1. The van der Waals surface area contributed by atoms with Crippen LogP contribution in [0.3, 0.4) is 0 Å². The Hall–Kier alpha value is -0.120. The van der Waals surface area contributed by atoms with Crippen molar-refractivity contribution in [1.29, 1.82) is 0 Å². The van der Waals surface area contributed by atoms with Crippen LogP contribution in [0.2, 0.25) is 0 Å². The molecule has 1 aliphatic carbocycles. The maximum atomic E-state index is 5.68. The summed E-state index contributed by atoms with van der Waals surface area (Å²) < 4.78 is 5.68. The Morgan fingerprint density at radius 1 is 1.18 bits per heavy atom. The van der Waals surface area contributed by atoms with Gasteiger partial charge in [0.05, 0.1) is 6.10 Å². The quantitative estimate of drug-likeness (QED) is 0.791. The Labute approximate surface area is 105 Å². The number of ether oxygens (including phenoxy) is 1. The maximum absolute atomic E-state index is 5.68. The molecular formula is C14H26N2O. The Balaban J connectivity index is 1.62. The van der Waals surface area contributed by atoms with Crippen molar-refractivity contribution in [2.45, 2.75) is 63.8 Å². The first-order chi connectivity index (χ1) is 8.24. The van der Waals surface area contributed by atoms with E-state index in [4.69, 9.17) is 4.74 Å². The number of hydrogen-bond donors (Lipinski definition) is 1. The zero-order chi connectivity index (χ0) is 11.8. The number of rotatable bonds is 2. The van der Waals surface area contributed by atoms with Gasteiger partial charge in [-0.15, -0.1) is 0 Å². The highest BCUT2D eigenvalue weighted by Crippen LogP contribution is 2.35. The average molecular weight is 238 g/mol. The van der Waals surface area contributed by atoms with Crippen LogP contribution in [0.1, 0.15) is 39.5 Å². The highest BCUT2D eigenvalue weighted by atomic mass is 16.5. The van der Waals surface area contributed by atoms with Gasteiger partial charge < -0.3 is 10.1 Å². The molecule has 0 spiro atoms. The summed E-state index contributed by atoms with van der Waals surface area (Å²) in [6.07, 6.45) is 5.80. The van der Waals surface area contributed by atoms with Crippen LogP contribution in [-0.2, 0) is 4.74 Å². The van der Waals surface area contributed by atoms with Crippen LogP contribution in [0.15, 0.2) is 0 Å². The summed E-state index contributed by atoms with van der Waals surface area (Å²) in [7, 11) is 0. The van der Waals surface area contributed by atoms with Gasteiger partial charge in [0.15, 0.2) is 0 Å². The summed E-state index contributed by atoms with van der Waals surface area (Å²) in [4.78, 5) is 2.76. The molecule has 2 aliphatic heterocycles. The van der Waals surface area contributed by atoms with E-state index in [9.17, 15) is 0 Å². The third-order valence-electron chi connectivity index (χ3n) is 4.77. The van der Waals surface area contributed by atoms with Gasteiger partial charge >= 0.3 is 0 Å². The van der Waals surface area contributed by atoms with Gasteiger partial charge in [-0.3, -0.25) is 4.90 Å². The summed E-state index contributed by atoms with van der Waals surface area (Å²) in [6, 6.07) is 2.22. The fourth-order valence-electron chi connectivity index (χ4n) is 3.51. The second-order valence-electron chi connectivity index (χ2n) is 6.26. The Bertz CT molecular complexity index is 267. The lowest BCUT2D eigenvalue weighted by Gasteiger charge is -2.45. The van der Waals surface area contributed by atoms with Gasteiger partial charge in [-0.05, 0) is 45.4 Å². The van der Waals surface area contributed by atoms with E-state index in [0.29, 0.717) is 12.1 Å². The Morgan fingerprint density at radius 2 is 2.00 bits per heavy atom. The number of nitrogens with zero attached hydrogens (tertiary/aromatic N) is 1. The van der Waals surface area contributed by atoms with Crippen LogP contribution < -0.4 is 5.32 Å². The molecule has 4 atom stereocenters. The first kappa shape index (κ1) is 11.9. The van der Waals surface area contributed by atoms with Crippen molar-refractivity contribution < 1.29 is 4.74 Å². The van der Waals surface area contributed by atoms with Crippen LogP contribution in [0.25, 0.3) is 0 Å². The van der Waals surface area contributed by atoms with Gasteiger partial charge in [-0.25, -0.2) is 0 Å². The predicted octanol–water partition coefficient (Wildman–Crippen LogP) is 1.63. The lowest BCUT2D eigenvalue weighted by Crippen LogP contribution is -2.60. The molecule has 0 aromatic carbocycles. The van der Waals surface area contributed by atoms with Crippen molar-refractivity contribution in [3.8, 4) is 0 Å². The Morgan fingerprint density at radius 3 is 2.71 bits per heavy atom. The smallest absolute Gasteiger partial charge is 0.0561 e. The number of hydrogen-bond acceptors (Lipinski definition) is 3. The summed E-state index contributed by atoms with van der Waals surface area (Å²) >= 11 is 0. The van der Waals surface area contributed by atoms with Crippen LogP contribution in [0, 0.1) is 5.92 Å². The van der Waals surface area contributed by atoms with E-state index in [2.05, 4.69) is 24.1 Å². The van der Waals surface area contributed by atoms with E-state index in [1.165, 1.54) is 38.8 Å². The Kier molecular flexibility index (Phi) is 3.42. The van der Waals surface area contributed by atoms with Crippen LogP contribution in [0.4, 0.5) is 0 Å². The van der Waals surface area contributed by atoms with E-state index >= 15 is 0 Å². The van der Waals surface area contributed by atoms with Gasteiger partial charge in [-0.2, -0.15) is 0 Å². The molecule has 1 saturated carbocycles. The second kappa shape index (κ2) is 4.87. The zero-order valence-corrected chi connectivity index (χ0v) is 11.2. The molecule has 1 N–H and O–H groups in total. The standard InChI is InChI=1S/C14H26N2O/c1-10-8-15-14(12-3-4-12)9-16(10)13-5-6-17-11(2)7-13/h10-15H,3-9H2,1-2H3. The third-order valence-corrected chi connectivity index (χ3v) is 4.77. The molecule has 98 valence electrons. The van der Waals surface area contributed by atoms with Crippen molar-refractivity contribution in [3.63, 3.8) is 0 Å². The van der Waals surface area contributed by atoms with Gasteiger partial charge in [0, 0.05) is 37.8 Å². The highest BCUT2D eigenvalue weighted by Gasteiger charge is 2.38. The van der Waals surface area contributed by atoms with Gasteiger partial charge in [0.2, 0.25) is 0 Å². The lowest BCUT2D eigenvalue weighted by atomic mass is 9.97. The lowest BCUT2D eigenvalue weighted by molar-refractivity contribution is -0.0362. The minimum absolute atomic E-state index is 0.454. The van der Waals surface area contributed by atoms with Gasteiger partial charge in [0.25, 0.3) is 0 Å². The summed E-state index contributed by atoms with van der Waals surface area (Å²) in [6.45, 7) is 7.99. The predicted molar refractivity (Wildman–Crippen MR) is 69.1 cm³/mol. The van der Waals surface area contributed by atoms with Crippen molar-refractivity contribution in [3.05, 3.63) is 0 Å². The largest absolute Gasteiger partial charge is 0.378 e. The normalized spacial score (nSPS) is 44.8. The van der Waals surface area contributed by atoms with E-state index in [-0.39, 0.29) is 0 Å². The number of piperazine rings is 1. The molecule has 0 aromatic rings. The van der Waals surface area contributed by atoms with Crippen LogP contribution in [0.5, 0.6) is 0 Å². The topological polar surface area (TPSA) is 24.5 Å². The molecule has 3 nitrogen and oxygen atoms in total. The molecular weight excluding hydrogens is 212 g/mol. The summed E-state index contributed by atoms with van der Waals surface area (Å²) in [5.41, 5.74) is 0. The van der Waals surface area contributed by atoms with Crippen molar-refractivity contribution in [1.82, 2.24) is 10.2 Å². The molecule has 3 rings (SSSR count). The molecule has 4 unspecified atom stereocenters. The maximum Gasteiger partial charge on any atom is 0.0561 e.